The van der Waals surface area contributed by atoms with Crippen LogP contribution in [0.15, 0.2) is 37.1 Å². The van der Waals surface area contributed by atoms with Crippen molar-refractivity contribution in [3.63, 3.8) is 0 Å². The Morgan fingerprint density at radius 1 is 1.32 bits per heavy atom. The Kier molecular flexibility index (Phi) is 5.49. The fourth-order valence-corrected chi connectivity index (χ4v) is 5.73. The molecule has 0 radical (unpaired) electrons. The van der Waals surface area contributed by atoms with Crippen LogP contribution in [0.25, 0.3) is 22.0 Å². The van der Waals surface area contributed by atoms with Gasteiger partial charge in [0.1, 0.15) is 11.8 Å². The molecule has 0 aliphatic carbocycles. The van der Waals surface area contributed by atoms with Crippen LogP contribution in [-0.2, 0) is 4.79 Å². The van der Waals surface area contributed by atoms with E-state index >= 15 is 0 Å². The Morgan fingerprint density at radius 3 is 2.71 bits per heavy atom. The fraction of sp³-hybridized carbons (Fsp3) is 0.346. The van der Waals surface area contributed by atoms with Crippen LogP contribution in [0, 0.1) is 23.7 Å². The van der Waals surface area contributed by atoms with E-state index in [-0.39, 0.29) is 11.3 Å². The maximum Gasteiger partial charge on any atom is 0.245 e. The lowest BCUT2D eigenvalue weighted by Crippen LogP contribution is -2.61. The van der Waals surface area contributed by atoms with E-state index in [2.05, 4.69) is 27.7 Å². The molecule has 0 atom stereocenters. The van der Waals surface area contributed by atoms with Gasteiger partial charge < -0.3 is 14.5 Å². The van der Waals surface area contributed by atoms with Gasteiger partial charge in [-0.1, -0.05) is 24.2 Å². The lowest BCUT2D eigenvalue weighted by molar-refractivity contribution is -0.139. The minimum atomic E-state index is -0.00399. The third kappa shape index (κ3) is 3.41. The van der Waals surface area contributed by atoms with Gasteiger partial charge in [-0.2, -0.15) is 10.4 Å². The molecule has 2 aliphatic rings. The second-order valence-electron chi connectivity index (χ2n) is 9.25. The number of fused-ring (bicyclic) bond motifs is 1. The van der Waals surface area contributed by atoms with Gasteiger partial charge in [-0.3, -0.25) is 9.89 Å². The number of ether oxygens (including phenoxy) is 1. The van der Waals surface area contributed by atoms with Crippen molar-refractivity contribution in [3.8, 4) is 22.9 Å². The van der Waals surface area contributed by atoms with Crippen LogP contribution in [-0.4, -0.2) is 54.3 Å². The number of aromatic amines is 1. The average molecular weight is 476 g/mol. The molecule has 2 saturated heterocycles. The Labute approximate surface area is 203 Å². The summed E-state index contributed by atoms with van der Waals surface area (Å²) >= 11 is 6.84. The van der Waals surface area contributed by atoms with E-state index in [4.69, 9.17) is 16.3 Å². The van der Waals surface area contributed by atoms with Gasteiger partial charge in [0.15, 0.2) is 0 Å². The lowest BCUT2D eigenvalue weighted by atomic mass is 9.71. The monoisotopic (exact) mass is 475 g/mol. The number of amides is 1. The van der Waals surface area contributed by atoms with Crippen LogP contribution < -0.4 is 9.64 Å². The largest absolute Gasteiger partial charge is 0.495 e. The first-order valence-corrected chi connectivity index (χ1v) is 11.7. The number of methoxy groups -OCH3 is 1. The summed E-state index contributed by atoms with van der Waals surface area (Å²) in [7, 11) is 1.59. The van der Waals surface area contributed by atoms with E-state index in [9.17, 15) is 10.1 Å². The molecule has 1 N–H and O–H groups in total. The highest BCUT2D eigenvalue weighted by Gasteiger charge is 2.46. The number of nitriles is 1. The standard InChI is InChI=1S/C26H26ClN5O2/c1-4-22(33)32-14-26(15-32)7-9-31(10-8-26)20-11-21(34-3)25(27)24(17(20)12-28)23-16(2)5-6-19-18(23)13-29-30-19/h4-6,11,13H,1,7-10,14-15H2,2-3H3,(H,29,30). The smallest absolute Gasteiger partial charge is 0.245 e. The van der Waals surface area contributed by atoms with E-state index in [1.54, 1.807) is 13.3 Å². The number of likely N-dealkylation sites (tertiary alicyclic amines) is 1. The van der Waals surface area contributed by atoms with Crippen LogP contribution in [0.1, 0.15) is 24.0 Å². The van der Waals surface area contributed by atoms with Crippen molar-refractivity contribution in [1.29, 1.82) is 5.26 Å². The van der Waals surface area contributed by atoms with Crippen LogP contribution in [0.2, 0.25) is 5.02 Å². The zero-order valence-electron chi connectivity index (χ0n) is 19.3. The van der Waals surface area contributed by atoms with Crippen molar-refractivity contribution in [1.82, 2.24) is 15.1 Å². The number of anilines is 1. The quantitative estimate of drug-likeness (QED) is 0.553. The minimum absolute atomic E-state index is 0.00399. The Bertz CT molecular complexity index is 1340. The first kappa shape index (κ1) is 22.3. The van der Waals surface area contributed by atoms with E-state index in [0.29, 0.717) is 21.9 Å². The maximum absolute atomic E-state index is 11.9. The third-order valence-corrected chi connectivity index (χ3v) is 7.70. The second-order valence-corrected chi connectivity index (χ2v) is 9.63. The lowest BCUT2D eigenvalue weighted by Gasteiger charge is -2.54. The molecule has 0 saturated carbocycles. The van der Waals surface area contributed by atoms with Gasteiger partial charge in [0.25, 0.3) is 0 Å². The predicted octanol–water partition coefficient (Wildman–Crippen LogP) is 4.69. The molecule has 3 heterocycles. The summed E-state index contributed by atoms with van der Waals surface area (Å²) in [5, 5.41) is 18.9. The van der Waals surface area contributed by atoms with Crippen molar-refractivity contribution in [2.75, 3.05) is 38.2 Å². The van der Waals surface area contributed by atoms with Gasteiger partial charge in [-0.15, -0.1) is 0 Å². The average Bonchev–Trinajstić information content (AvgIpc) is 3.31. The first-order valence-electron chi connectivity index (χ1n) is 11.3. The van der Waals surface area contributed by atoms with E-state index in [0.717, 1.165) is 66.7 Å². The van der Waals surface area contributed by atoms with E-state index < -0.39 is 0 Å². The molecule has 1 spiro atoms. The molecule has 2 fully saturated rings. The molecule has 2 aromatic carbocycles. The number of hydrogen-bond donors (Lipinski definition) is 1. The molecule has 2 aliphatic heterocycles. The Morgan fingerprint density at radius 2 is 2.06 bits per heavy atom. The molecule has 0 bridgehead atoms. The molecule has 34 heavy (non-hydrogen) atoms. The zero-order chi connectivity index (χ0) is 24.0. The summed E-state index contributed by atoms with van der Waals surface area (Å²) in [5.74, 6) is 0.535. The summed E-state index contributed by atoms with van der Waals surface area (Å²) in [6.07, 6.45) is 5.06. The number of carbonyl (C=O) groups is 1. The minimum Gasteiger partial charge on any atom is -0.495 e. The van der Waals surface area contributed by atoms with Crippen molar-refractivity contribution >= 4 is 34.1 Å². The molecule has 3 aromatic rings. The molecule has 1 aromatic heterocycles. The van der Waals surface area contributed by atoms with Crippen molar-refractivity contribution in [3.05, 3.63) is 53.2 Å². The maximum atomic E-state index is 11.9. The second kappa shape index (κ2) is 8.37. The van der Waals surface area contributed by atoms with Gasteiger partial charge in [0.05, 0.1) is 35.1 Å². The number of hydrogen-bond acceptors (Lipinski definition) is 5. The van der Waals surface area contributed by atoms with Gasteiger partial charge in [0.2, 0.25) is 5.91 Å². The molecule has 7 nitrogen and oxygen atoms in total. The van der Waals surface area contributed by atoms with Crippen molar-refractivity contribution in [2.24, 2.45) is 5.41 Å². The Hall–Kier alpha value is -3.50. The number of halogens is 1. The highest BCUT2D eigenvalue weighted by Crippen LogP contribution is 2.48. The number of nitrogens with zero attached hydrogens (tertiary/aromatic N) is 4. The topological polar surface area (TPSA) is 85.2 Å². The highest BCUT2D eigenvalue weighted by molar-refractivity contribution is 6.36. The van der Waals surface area contributed by atoms with E-state index in [1.807, 2.05) is 30.0 Å². The summed E-state index contributed by atoms with van der Waals surface area (Å²) in [6.45, 7) is 8.73. The first-order chi connectivity index (χ1) is 16.4. The van der Waals surface area contributed by atoms with Crippen LogP contribution in [0.3, 0.4) is 0 Å². The summed E-state index contributed by atoms with van der Waals surface area (Å²) in [4.78, 5) is 16.0. The van der Waals surface area contributed by atoms with Gasteiger partial charge in [0, 0.05) is 48.6 Å². The molecular formula is C26H26ClN5O2. The number of benzene rings is 2. The summed E-state index contributed by atoms with van der Waals surface area (Å²) < 4.78 is 5.65. The van der Waals surface area contributed by atoms with Crippen LogP contribution in [0.4, 0.5) is 5.69 Å². The number of H-pyrrole nitrogens is 1. The molecule has 0 unspecified atom stereocenters. The normalized spacial score (nSPS) is 16.9. The van der Waals surface area contributed by atoms with Gasteiger partial charge in [-0.05, 0) is 43.0 Å². The van der Waals surface area contributed by atoms with Gasteiger partial charge >= 0.3 is 0 Å². The molecule has 5 rings (SSSR count). The molecule has 8 heteroatoms. The van der Waals surface area contributed by atoms with Crippen molar-refractivity contribution < 1.29 is 9.53 Å². The summed E-state index contributed by atoms with van der Waals surface area (Å²) in [6, 6.07) is 8.30. The predicted molar refractivity (Wildman–Crippen MR) is 133 cm³/mol. The molecule has 174 valence electrons. The van der Waals surface area contributed by atoms with Crippen LogP contribution >= 0.6 is 11.6 Å². The van der Waals surface area contributed by atoms with Crippen LogP contribution in [0.5, 0.6) is 5.75 Å². The Balaban J connectivity index is 1.55. The number of carbonyl (C=O) groups excluding carboxylic acids is 1. The SMILES string of the molecule is C=CC(=O)N1CC2(CCN(c3cc(OC)c(Cl)c(-c4c(C)ccc5[nH]ncc45)c3C#N)CC2)C1. The van der Waals surface area contributed by atoms with Crippen molar-refractivity contribution in [2.45, 2.75) is 19.8 Å². The third-order valence-electron chi connectivity index (χ3n) is 7.33. The highest BCUT2D eigenvalue weighted by atomic mass is 35.5. The fourth-order valence-electron chi connectivity index (χ4n) is 5.41. The van der Waals surface area contributed by atoms with Gasteiger partial charge in [-0.25, -0.2) is 0 Å². The molecule has 1 amide bonds. The number of nitrogens with one attached hydrogen (secondary N) is 1. The number of piperidine rings is 1. The number of aryl methyl sites for hydroxylation is 1. The number of rotatable bonds is 4. The zero-order valence-corrected chi connectivity index (χ0v) is 20.1. The molecular weight excluding hydrogens is 450 g/mol. The van der Waals surface area contributed by atoms with E-state index in [1.165, 1.54) is 6.08 Å². The summed E-state index contributed by atoms with van der Waals surface area (Å²) in [5.41, 5.74) is 4.97. The number of aromatic nitrogens is 2.